The van der Waals surface area contributed by atoms with Gasteiger partial charge in [-0.3, -0.25) is 0 Å². The normalized spacial score (nSPS) is 12.3. The highest BCUT2D eigenvalue weighted by atomic mass is 16.5. The number of hydrogen-bond donors (Lipinski definition) is 1. The van der Waals surface area contributed by atoms with Crippen LogP contribution in [-0.4, -0.2) is 18.8 Å². The number of hydrogen-bond acceptors (Lipinski definition) is 3. The molecule has 1 unspecified atom stereocenters. The quantitative estimate of drug-likeness (QED) is 0.696. The summed E-state index contributed by atoms with van der Waals surface area (Å²) in [5.74, 6) is 2.32. The lowest BCUT2D eigenvalue weighted by Crippen LogP contribution is -2.23. The average molecular weight is 327 g/mol. The van der Waals surface area contributed by atoms with Gasteiger partial charge in [0.1, 0.15) is 17.6 Å². The fourth-order valence-corrected chi connectivity index (χ4v) is 2.43. The summed E-state index contributed by atoms with van der Waals surface area (Å²) >= 11 is 0. The predicted molar refractivity (Wildman–Crippen MR) is 101 cm³/mol. The van der Waals surface area contributed by atoms with Gasteiger partial charge in [-0.2, -0.15) is 0 Å². The van der Waals surface area contributed by atoms with E-state index in [1.807, 2.05) is 50.2 Å². The second-order valence-electron chi connectivity index (χ2n) is 6.70. The Morgan fingerprint density at radius 1 is 0.833 bits per heavy atom. The summed E-state index contributed by atoms with van der Waals surface area (Å²) in [6.07, 6.45) is 0.211. The lowest BCUT2D eigenvalue weighted by Gasteiger charge is -2.19. The molecule has 0 fully saturated rings. The summed E-state index contributed by atoms with van der Waals surface area (Å²) in [5.41, 5.74) is 2.32. The molecule has 1 N–H and O–H groups in total. The van der Waals surface area contributed by atoms with Gasteiger partial charge in [0.25, 0.3) is 0 Å². The van der Waals surface area contributed by atoms with Crippen molar-refractivity contribution in [3.05, 3.63) is 54.1 Å². The Morgan fingerprint density at radius 2 is 1.50 bits per heavy atom. The predicted octanol–water partition coefficient (Wildman–Crippen LogP) is 5.48. The molecule has 0 aliphatic rings. The highest BCUT2D eigenvalue weighted by Crippen LogP contribution is 2.25. The van der Waals surface area contributed by atoms with Crippen LogP contribution in [0.2, 0.25) is 0 Å². The molecule has 0 bridgehead atoms. The fourth-order valence-electron chi connectivity index (χ4n) is 2.43. The van der Waals surface area contributed by atoms with E-state index in [-0.39, 0.29) is 12.2 Å². The second kappa shape index (κ2) is 8.62. The van der Waals surface area contributed by atoms with E-state index < -0.39 is 0 Å². The van der Waals surface area contributed by atoms with Crippen molar-refractivity contribution in [1.82, 2.24) is 0 Å². The van der Waals surface area contributed by atoms with Gasteiger partial charge in [-0.1, -0.05) is 38.1 Å². The number of anilines is 1. The Morgan fingerprint density at radius 3 is 2.12 bits per heavy atom. The van der Waals surface area contributed by atoms with E-state index in [4.69, 9.17) is 9.47 Å². The molecule has 0 aliphatic carbocycles. The third-order valence-electron chi connectivity index (χ3n) is 3.71. The molecule has 130 valence electrons. The lowest BCUT2D eigenvalue weighted by atomic mass is 10.0. The number of para-hydroxylation sites is 2. The number of nitrogens with one attached hydrogen (secondary N) is 1. The number of ether oxygens (including phenoxy) is 2. The molecule has 0 aliphatic heterocycles. The molecule has 2 rings (SSSR count). The SMILES string of the molecule is CC(C)Oc1ccccc1NCC(C)Oc1ccc(C(C)C)cc1. The Kier molecular flexibility index (Phi) is 6.53. The summed E-state index contributed by atoms with van der Waals surface area (Å²) in [6.45, 7) is 11.2. The van der Waals surface area contributed by atoms with Crippen LogP contribution in [-0.2, 0) is 0 Å². The molecule has 0 spiro atoms. The van der Waals surface area contributed by atoms with Gasteiger partial charge in [-0.15, -0.1) is 0 Å². The van der Waals surface area contributed by atoms with Crippen molar-refractivity contribution < 1.29 is 9.47 Å². The minimum absolute atomic E-state index is 0.0574. The van der Waals surface area contributed by atoms with Gasteiger partial charge in [-0.25, -0.2) is 0 Å². The maximum absolute atomic E-state index is 5.99. The number of rotatable bonds is 8. The zero-order valence-electron chi connectivity index (χ0n) is 15.4. The van der Waals surface area contributed by atoms with Crippen molar-refractivity contribution in [1.29, 1.82) is 0 Å². The van der Waals surface area contributed by atoms with Gasteiger partial charge in [-0.05, 0) is 56.5 Å². The third-order valence-corrected chi connectivity index (χ3v) is 3.71. The van der Waals surface area contributed by atoms with Gasteiger partial charge >= 0.3 is 0 Å². The first-order valence-corrected chi connectivity index (χ1v) is 8.72. The first-order valence-electron chi connectivity index (χ1n) is 8.72. The van der Waals surface area contributed by atoms with E-state index in [9.17, 15) is 0 Å². The highest BCUT2D eigenvalue weighted by molar-refractivity contribution is 5.56. The van der Waals surface area contributed by atoms with Crippen LogP contribution in [0.1, 0.15) is 46.1 Å². The summed E-state index contributed by atoms with van der Waals surface area (Å²) in [7, 11) is 0. The summed E-state index contributed by atoms with van der Waals surface area (Å²) in [5, 5.41) is 3.42. The van der Waals surface area contributed by atoms with E-state index in [2.05, 4.69) is 38.2 Å². The molecule has 1 atom stereocenters. The van der Waals surface area contributed by atoms with Crippen LogP contribution in [0.3, 0.4) is 0 Å². The zero-order chi connectivity index (χ0) is 17.5. The van der Waals surface area contributed by atoms with Crippen molar-refractivity contribution in [3.8, 4) is 11.5 Å². The second-order valence-corrected chi connectivity index (χ2v) is 6.70. The topological polar surface area (TPSA) is 30.5 Å². The van der Waals surface area contributed by atoms with Gasteiger partial charge < -0.3 is 14.8 Å². The van der Waals surface area contributed by atoms with Gasteiger partial charge in [0.15, 0.2) is 0 Å². The maximum atomic E-state index is 5.99. The lowest BCUT2D eigenvalue weighted by molar-refractivity contribution is 0.232. The maximum Gasteiger partial charge on any atom is 0.142 e. The Balaban J connectivity index is 1.90. The van der Waals surface area contributed by atoms with E-state index in [0.29, 0.717) is 12.5 Å². The monoisotopic (exact) mass is 327 g/mol. The van der Waals surface area contributed by atoms with Crippen LogP contribution < -0.4 is 14.8 Å². The van der Waals surface area contributed by atoms with E-state index in [1.54, 1.807) is 0 Å². The molecule has 0 aromatic heterocycles. The van der Waals surface area contributed by atoms with Crippen LogP contribution in [0, 0.1) is 0 Å². The average Bonchev–Trinajstić information content (AvgIpc) is 2.54. The molecule has 0 amide bonds. The van der Waals surface area contributed by atoms with Crippen molar-refractivity contribution >= 4 is 5.69 Å². The van der Waals surface area contributed by atoms with Crippen LogP contribution in [0.15, 0.2) is 48.5 Å². The molecular formula is C21H29NO2. The van der Waals surface area contributed by atoms with Crippen molar-refractivity contribution in [2.45, 2.75) is 52.7 Å². The first kappa shape index (κ1) is 18.2. The molecule has 3 heteroatoms. The van der Waals surface area contributed by atoms with Crippen LogP contribution in [0.4, 0.5) is 5.69 Å². The van der Waals surface area contributed by atoms with Crippen LogP contribution >= 0.6 is 0 Å². The summed E-state index contributed by atoms with van der Waals surface area (Å²) in [6, 6.07) is 16.4. The molecule has 24 heavy (non-hydrogen) atoms. The molecule has 0 radical (unpaired) electrons. The molecular weight excluding hydrogens is 298 g/mol. The Hall–Kier alpha value is -2.16. The number of benzene rings is 2. The molecule has 0 heterocycles. The Bertz CT molecular complexity index is 620. The van der Waals surface area contributed by atoms with Gasteiger partial charge in [0.05, 0.1) is 18.3 Å². The van der Waals surface area contributed by atoms with E-state index in [1.165, 1.54) is 5.56 Å². The zero-order valence-corrected chi connectivity index (χ0v) is 15.4. The summed E-state index contributed by atoms with van der Waals surface area (Å²) in [4.78, 5) is 0. The smallest absolute Gasteiger partial charge is 0.142 e. The van der Waals surface area contributed by atoms with Gasteiger partial charge in [0.2, 0.25) is 0 Å². The first-order chi connectivity index (χ1) is 11.5. The minimum Gasteiger partial charge on any atom is -0.489 e. The molecule has 0 saturated carbocycles. The molecule has 2 aromatic rings. The standard InChI is InChI=1S/C21H29NO2/c1-15(2)18-10-12-19(13-11-18)24-17(5)14-22-20-8-6-7-9-21(20)23-16(3)4/h6-13,15-17,22H,14H2,1-5H3. The van der Waals surface area contributed by atoms with Crippen LogP contribution in [0.25, 0.3) is 0 Å². The largest absolute Gasteiger partial charge is 0.489 e. The highest BCUT2D eigenvalue weighted by Gasteiger charge is 2.08. The third kappa shape index (κ3) is 5.48. The minimum atomic E-state index is 0.0574. The van der Waals surface area contributed by atoms with Gasteiger partial charge in [0, 0.05) is 0 Å². The molecule has 3 nitrogen and oxygen atoms in total. The van der Waals surface area contributed by atoms with Crippen molar-refractivity contribution in [2.24, 2.45) is 0 Å². The summed E-state index contributed by atoms with van der Waals surface area (Å²) < 4.78 is 11.8. The Labute approximate surface area is 146 Å². The van der Waals surface area contributed by atoms with Crippen LogP contribution in [0.5, 0.6) is 11.5 Å². The van der Waals surface area contributed by atoms with E-state index >= 15 is 0 Å². The molecule has 2 aromatic carbocycles. The molecule has 0 saturated heterocycles. The van der Waals surface area contributed by atoms with Crippen molar-refractivity contribution in [2.75, 3.05) is 11.9 Å². The fraction of sp³-hybridized carbons (Fsp3) is 0.429. The van der Waals surface area contributed by atoms with E-state index in [0.717, 1.165) is 17.2 Å². The van der Waals surface area contributed by atoms with Crippen molar-refractivity contribution in [3.63, 3.8) is 0 Å².